The number of rotatable bonds is 13. The molecule has 3 amide bonds. The summed E-state index contributed by atoms with van der Waals surface area (Å²) in [5, 5.41) is 5.86. The molecule has 0 heterocycles. The third-order valence-electron chi connectivity index (χ3n) is 6.17. The Labute approximate surface area is 235 Å². The third-order valence-corrected chi connectivity index (χ3v) is 6.81. The van der Waals surface area contributed by atoms with Crippen molar-refractivity contribution in [2.45, 2.75) is 118 Å². The van der Waals surface area contributed by atoms with Gasteiger partial charge in [-0.05, 0) is 104 Å². The molecule has 0 saturated heterocycles. The van der Waals surface area contributed by atoms with E-state index in [-0.39, 0.29) is 23.9 Å². The summed E-state index contributed by atoms with van der Waals surface area (Å²) in [6.45, 7) is 19.5. The molecule has 0 spiro atoms. The van der Waals surface area contributed by atoms with Crippen LogP contribution in [0.3, 0.4) is 0 Å². The fourth-order valence-corrected chi connectivity index (χ4v) is 4.82. The van der Waals surface area contributed by atoms with Crippen molar-refractivity contribution in [1.29, 1.82) is 0 Å². The molecule has 0 radical (unpaired) electrons. The second kappa shape index (κ2) is 15.4. The topological polar surface area (TPSA) is 87.7 Å². The van der Waals surface area contributed by atoms with E-state index >= 15 is 0 Å². The number of ether oxygens (including phenoxy) is 1. The van der Waals surface area contributed by atoms with Crippen LogP contribution < -0.4 is 10.6 Å². The van der Waals surface area contributed by atoms with Crippen molar-refractivity contribution in [1.82, 2.24) is 15.5 Å². The molecular formula is C30H51N3O4S. The molecule has 1 aromatic carbocycles. The highest BCUT2D eigenvalue weighted by molar-refractivity contribution is 7.98. The maximum Gasteiger partial charge on any atom is 0.408 e. The van der Waals surface area contributed by atoms with E-state index in [1.165, 1.54) is 0 Å². The van der Waals surface area contributed by atoms with E-state index in [2.05, 4.69) is 24.5 Å². The number of carbonyl (C=O) groups is 3. The van der Waals surface area contributed by atoms with Gasteiger partial charge in [0.05, 0.1) is 0 Å². The molecule has 38 heavy (non-hydrogen) atoms. The van der Waals surface area contributed by atoms with Crippen LogP contribution in [0.15, 0.2) is 18.2 Å². The average molecular weight is 550 g/mol. The fraction of sp³-hybridized carbons (Fsp3) is 0.700. The minimum atomic E-state index is -0.829. The number of thioether (sulfide) groups is 1. The van der Waals surface area contributed by atoms with E-state index in [9.17, 15) is 14.4 Å². The van der Waals surface area contributed by atoms with Crippen molar-refractivity contribution in [2.75, 3.05) is 12.0 Å². The summed E-state index contributed by atoms with van der Waals surface area (Å²) >= 11 is 1.60. The molecule has 0 aliphatic carbocycles. The normalized spacial score (nSPS) is 14.1. The SMILES string of the molecule is CSCCC(NC(=O)OC(C)(C)C)C(=O)N(C(C)CCC(C)C)C(C(=O)NC(C)C)c1ccc(C)cc1C. The summed E-state index contributed by atoms with van der Waals surface area (Å²) in [6, 6.07) is 3.99. The monoisotopic (exact) mass is 549 g/mol. The molecule has 0 aliphatic heterocycles. The van der Waals surface area contributed by atoms with Crippen LogP contribution in [-0.2, 0) is 14.3 Å². The molecule has 1 aromatic rings. The lowest BCUT2D eigenvalue weighted by molar-refractivity contribution is -0.145. The van der Waals surface area contributed by atoms with Gasteiger partial charge in [0.2, 0.25) is 11.8 Å². The van der Waals surface area contributed by atoms with Crippen LogP contribution in [0.25, 0.3) is 0 Å². The summed E-state index contributed by atoms with van der Waals surface area (Å²) in [4.78, 5) is 42.7. The first-order chi connectivity index (χ1) is 17.6. The number of hydrogen-bond donors (Lipinski definition) is 2. The van der Waals surface area contributed by atoms with Gasteiger partial charge < -0.3 is 20.3 Å². The number of aryl methyl sites for hydroxylation is 2. The first kappa shape index (κ1) is 33.8. The first-order valence-corrected chi connectivity index (χ1v) is 15.1. The molecule has 7 nitrogen and oxygen atoms in total. The van der Waals surface area contributed by atoms with Crippen LogP contribution >= 0.6 is 11.8 Å². The van der Waals surface area contributed by atoms with Crippen molar-refractivity contribution >= 4 is 29.7 Å². The second-order valence-corrected chi connectivity index (χ2v) is 13.0. The molecule has 0 saturated carbocycles. The van der Waals surface area contributed by atoms with E-state index in [1.54, 1.807) is 37.4 Å². The molecular weight excluding hydrogens is 498 g/mol. The van der Waals surface area contributed by atoms with Gasteiger partial charge in [-0.3, -0.25) is 9.59 Å². The Balaban J connectivity index is 3.65. The Morgan fingerprint density at radius 1 is 0.974 bits per heavy atom. The molecule has 3 unspecified atom stereocenters. The van der Waals surface area contributed by atoms with E-state index in [0.29, 0.717) is 18.1 Å². The fourth-order valence-electron chi connectivity index (χ4n) is 4.35. The van der Waals surface area contributed by atoms with Crippen LogP contribution in [0.2, 0.25) is 0 Å². The van der Waals surface area contributed by atoms with Gasteiger partial charge in [-0.1, -0.05) is 37.6 Å². The van der Waals surface area contributed by atoms with E-state index in [0.717, 1.165) is 29.5 Å². The number of alkyl carbamates (subject to hydrolysis) is 1. The largest absolute Gasteiger partial charge is 0.444 e. The van der Waals surface area contributed by atoms with Crippen molar-refractivity contribution in [3.05, 3.63) is 34.9 Å². The summed E-state index contributed by atoms with van der Waals surface area (Å²) in [6.07, 6.45) is 3.40. The average Bonchev–Trinajstić information content (AvgIpc) is 2.77. The Morgan fingerprint density at radius 3 is 2.11 bits per heavy atom. The van der Waals surface area contributed by atoms with Gasteiger partial charge in [0.1, 0.15) is 17.7 Å². The Kier molecular flexibility index (Phi) is 13.7. The standard InChI is InChI=1S/C30H51N3O4S/c1-19(2)12-14-23(7)33(28(35)25(16-17-38-11)32-29(36)37-30(8,9)10)26(27(34)31-20(3)4)24-15-13-21(5)18-22(24)6/h13,15,18-20,23,25-26H,12,14,16-17H2,1-11H3,(H,31,34)(H,32,36). The zero-order chi connectivity index (χ0) is 29.2. The van der Waals surface area contributed by atoms with Gasteiger partial charge in [0.25, 0.3) is 0 Å². The Bertz CT molecular complexity index is 927. The first-order valence-electron chi connectivity index (χ1n) is 13.8. The van der Waals surface area contributed by atoms with E-state index < -0.39 is 23.8 Å². The third kappa shape index (κ3) is 11.3. The zero-order valence-corrected chi connectivity index (χ0v) is 26.3. The minimum absolute atomic E-state index is 0.0918. The molecule has 216 valence electrons. The molecule has 0 fully saturated rings. The molecule has 1 rings (SSSR count). The maximum atomic E-state index is 14.4. The zero-order valence-electron chi connectivity index (χ0n) is 25.4. The van der Waals surface area contributed by atoms with E-state index in [4.69, 9.17) is 4.74 Å². The smallest absolute Gasteiger partial charge is 0.408 e. The maximum absolute atomic E-state index is 14.4. The highest BCUT2D eigenvalue weighted by atomic mass is 32.2. The van der Waals surface area contributed by atoms with Gasteiger partial charge in [0, 0.05) is 12.1 Å². The minimum Gasteiger partial charge on any atom is -0.444 e. The van der Waals surface area contributed by atoms with E-state index in [1.807, 2.05) is 59.1 Å². The van der Waals surface area contributed by atoms with Crippen LogP contribution in [-0.4, -0.2) is 58.5 Å². The molecule has 0 bridgehead atoms. The lowest BCUT2D eigenvalue weighted by atomic mass is 9.93. The quantitative estimate of drug-likeness (QED) is 0.307. The summed E-state index contributed by atoms with van der Waals surface area (Å²) in [5.41, 5.74) is 2.13. The number of benzene rings is 1. The van der Waals surface area contributed by atoms with Crippen molar-refractivity contribution < 1.29 is 19.1 Å². The second-order valence-electron chi connectivity index (χ2n) is 12.0. The molecule has 8 heteroatoms. The van der Waals surface area contributed by atoms with Crippen LogP contribution in [0.5, 0.6) is 0 Å². The summed E-state index contributed by atoms with van der Waals surface area (Å²) < 4.78 is 5.49. The number of hydrogen-bond acceptors (Lipinski definition) is 5. The van der Waals surface area contributed by atoms with Crippen LogP contribution in [0, 0.1) is 19.8 Å². The van der Waals surface area contributed by atoms with Crippen molar-refractivity contribution in [2.24, 2.45) is 5.92 Å². The predicted molar refractivity (Wildman–Crippen MR) is 158 cm³/mol. The molecule has 3 atom stereocenters. The highest BCUT2D eigenvalue weighted by Gasteiger charge is 2.39. The van der Waals surface area contributed by atoms with Gasteiger partial charge in [-0.25, -0.2) is 4.79 Å². The van der Waals surface area contributed by atoms with Gasteiger partial charge in [-0.2, -0.15) is 11.8 Å². The molecule has 0 aliphatic rings. The Hall–Kier alpha value is -2.22. The summed E-state index contributed by atoms with van der Waals surface area (Å²) in [5.74, 6) is 0.626. The Morgan fingerprint density at radius 2 is 1.61 bits per heavy atom. The lowest BCUT2D eigenvalue weighted by Gasteiger charge is -2.39. The number of amides is 3. The van der Waals surface area contributed by atoms with Gasteiger partial charge >= 0.3 is 6.09 Å². The lowest BCUT2D eigenvalue weighted by Crippen LogP contribution is -2.56. The van der Waals surface area contributed by atoms with Crippen molar-refractivity contribution in [3.8, 4) is 0 Å². The van der Waals surface area contributed by atoms with Crippen molar-refractivity contribution in [3.63, 3.8) is 0 Å². The van der Waals surface area contributed by atoms with Gasteiger partial charge in [0.15, 0.2) is 0 Å². The predicted octanol–water partition coefficient (Wildman–Crippen LogP) is 6.17. The van der Waals surface area contributed by atoms with Crippen LogP contribution in [0.1, 0.15) is 97.4 Å². The highest BCUT2D eigenvalue weighted by Crippen LogP contribution is 2.30. The number of nitrogens with one attached hydrogen (secondary N) is 2. The molecule has 0 aromatic heterocycles. The number of carbonyl (C=O) groups excluding carboxylic acids is 3. The summed E-state index contributed by atoms with van der Waals surface area (Å²) in [7, 11) is 0. The number of nitrogens with zero attached hydrogens (tertiary/aromatic N) is 1. The van der Waals surface area contributed by atoms with Gasteiger partial charge in [-0.15, -0.1) is 0 Å². The molecule has 2 N–H and O–H groups in total. The van der Waals surface area contributed by atoms with Crippen LogP contribution in [0.4, 0.5) is 4.79 Å².